The first kappa shape index (κ1) is 19.5. The number of hydrogen-bond acceptors (Lipinski definition) is 2. The van der Waals surface area contributed by atoms with Gasteiger partial charge in [0.05, 0.1) is 5.30 Å². The molecule has 1 heterocycles. The number of fused-ring (bicyclic) bond motifs is 1. The molecule has 0 aliphatic heterocycles. The van der Waals surface area contributed by atoms with Crippen LogP contribution in [-0.4, -0.2) is 5.16 Å². The number of benzene rings is 3. The van der Waals surface area contributed by atoms with Crippen LogP contribution in [0.3, 0.4) is 0 Å². The first-order valence-corrected chi connectivity index (χ1v) is 12.8. The van der Waals surface area contributed by atoms with Crippen molar-refractivity contribution in [3.8, 4) is 0 Å². The molecule has 4 heteroatoms. The van der Waals surface area contributed by atoms with Crippen LogP contribution in [0.1, 0.15) is 20.8 Å². The van der Waals surface area contributed by atoms with Crippen molar-refractivity contribution < 1.29 is 4.57 Å². The minimum atomic E-state index is -1.51. The summed E-state index contributed by atoms with van der Waals surface area (Å²) in [6, 6.07) is 29.9. The van der Waals surface area contributed by atoms with Gasteiger partial charge in [-0.1, -0.05) is 94.8 Å². The maximum absolute atomic E-state index is 13.6. The molecule has 1 unspecified atom stereocenters. The van der Waals surface area contributed by atoms with Crippen LogP contribution >= 0.6 is 27.1 Å². The standard InChI is InChI=1S/C24H23OP2S/c1-24(2,3)27(25)23-22(20-16-10-11-17-21(20)28-23)26(18-12-6-4-7-13-18)19-14-8-5-9-15-19/h4-17H,1-3H3/q+1. The highest BCUT2D eigenvalue weighted by molar-refractivity contribution is 7.83. The smallest absolute Gasteiger partial charge is 0.0872 e. The summed E-state index contributed by atoms with van der Waals surface area (Å²) >= 11 is 1.71. The lowest BCUT2D eigenvalue weighted by molar-refractivity contribution is 0.572. The zero-order valence-corrected chi connectivity index (χ0v) is 18.9. The molecule has 1 atom stereocenters. The molecule has 0 saturated heterocycles. The fraction of sp³-hybridized carbons (Fsp3) is 0.167. The Labute approximate surface area is 173 Å². The van der Waals surface area contributed by atoms with Crippen LogP contribution in [0, 0.1) is 0 Å². The van der Waals surface area contributed by atoms with Crippen molar-refractivity contribution in [1.82, 2.24) is 0 Å². The van der Waals surface area contributed by atoms with Crippen LogP contribution in [0.15, 0.2) is 84.9 Å². The van der Waals surface area contributed by atoms with Crippen LogP contribution in [0.5, 0.6) is 0 Å². The second-order valence-electron chi connectivity index (χ2n) is 7.72. The van der Waals surface area contributed by atoms with Crippen molar-refractivity contribution in [3.05, 3.63) is 84.9 Å². The van der Waals surface area contributed by atoms with E-state index in [9.17, 15) is 4.57 Å². The lowest BCUT2D eigenvalue weighted by Crippen LogP contribution is -2.29. The van der Waals surface area contributed by atoms with Gasteiger partial charge in [-0.15, -0.1) is 0 Å². The summed E-state index contributed by atoms with van der Waals surface area (Å²) in [4.78, 5) is 0. The van der Waals surface area contributed by atoms with E-state index in [1.54, 1.807) is 11.3 Å². The molecule has 0 bridgehead atoms. The highest BCUT2D eigenvalue weighted by Crippen LogP contribution is 2.45. The molecule has 4 rings (SSSR count). The van der Waals surface area contributed by atoms with E-state index in [0.717, 1.165) is 4.62 Å². The largest absolute Gasteiger partial charge is 0.393 e. The molecule has 1 nitrogen and oxygen atoms in total. The summed E-state index contributed by atoms with van der Waals surface area (Å²) in [6.07, 6.45) is 0. The van der Waals surface area contributed by atoms with E-state index in [4.69, 9.17) is 0 Å². The molecule has 0 N–H and O–H groups in total. The van der Waals surface area contributed by atoms with Gasteiger partial charge < -0.3 is 0 Å². The first-order chi connectivity index (χ1) is 13.5. The van der Waals surface area contributed by atoms with Crippen LogP contribution < -0.4 is 20.5 Å². The fourth-order valence-electron chi connectivity index (χ4n) is 3.24. The van der Waals surface area contributed by atoms with Gasteiger partial charge in [-0.3, -0.25) is 0 Å². The summed E-state index contributed by atoms with van der Waals surface area (Å²) in [5.74, 6) is 0. The average Bonchev–Trinajstić information content (AvgIpc) is 3.08. The normalized spacial score (nSPS) is 12.5. The molecule has 0 fully saturated rings. The molecule has 140 valence electrons. The van der Waals surface area contributed by atoms with Gasteiger partial charge in [0.15, 0.2) is 5.16 Å². The molecule has 0 saturated carbocycles. The van der Waals surface area contributed by atoms with Crippen LogP contribution in [0.4, 0.5) is 0 Å². The van der Waals surface area contributed by atoms with E-state index < -0.39 is 15.7 Å². The minimum Gasteiger partial charge on any atom is -0.0872 e. The summed E-state index contributed by atoms with van der Waals surface area (Å²) < 4.78 is 15.9. The van der Waals surface area contributed by atoms with E-state index in [1.165, 1.54) is 26.0 Å². The van der Waals surface area contributed by atoms with Gasteiger partial charge in [0.2, 0.25) is 0 Å². The van der Waals surface area contributed by atoms with Gasteiger partial charge in [0.1, 0.15) is 0 Å². The van der Waals surface area contributed by atoms with E-state index in [-0.39, 0.29) is 5.16 Å². The van der Waals surface area contributed by atoms with Gasteiger partial charge in [0, 0.05) is 10.1 Å². The van der Waals surface area contributed by atoms with E-state index in [2.05, 4.69) is 106 Å². The Balaban J connectivity index is 2.05. The van der Waals surface area contributed by atoms with Gasteiger partial charge in [-0.05, 0) is 45.4 Å². The number of thiophene rings is 1. The molecule has 0 spiro atoms. The van der Waals surface area contributed by atoms with Gasteiger partial charge >= 0.3 is 7.80 Å². The number of hydrogen-bond donors (Lipinski definition) is 0. The van der Waals surface area contributed by atoms with Crippen molar-refractivity contribution in [1.29, 1.82) is 0 Å². The Hall–Kier alpha value is -1.85. The van der Waals surface area contributed by atoms with E-state index in [0.29, 0.717) is 0 Å². The highest BCUT2D eigenvalue weighted by Gasteiger charge is 2.42. The molecule has 28 heavy (non-hydrogen) atoms. The molecule has 1 aromatic heterocycles. The van der Waals surface area contributed by atoms with Crippen LogP contribution in [-0.2, 0) is 4.57 Å². The maximum atomic E-state index is 13.6. The van der Waals surface area contributed by atoms with Crippen LogP contribution in [0.25, 0.3) is 10.1 Å². The maximum Gasteiger partial charge on any atom is 0.393 e. The minimum absolute atomic E-state index is 0.265. The Morgan fingerprint density at radius 2 is 1.25 bits per heavy atom. The Bertz CT molecular complexity index is 1070. The summed E-state index contributed by atoms with van der Waals surface area (Å²) in [6.45, 7) is 6.23. The molecular weight excluding hydrogens is 398 g/mol. The van der Waals surface area contributed by atoms with Gasteiger partial charge in [-0.2, -0.15) is 0 Å². The van der Waals surface area contributed by atoms with Crippen molar-refractivity contribution in [2.45, 2.75) is 25.9 Å². The van der Waals surface area contributed by atoms with Crippen molar-refractivity contribution >= 4 is 57.7 Å². The Morgan fingerprint density at radius 3 is 1.79 bits per heavy atom. The molecule has 0 amide bonds. The first-order valence-electron chi connectivity index (χ1n) is 9.36. The van der Waals surface area contributed by atoms with Gasteiger partial charge in [-0.25, -0.2) is 0 Å². The summed E-state index contributed by atoms with van der Waals surface area (Å²) in [7, 11) is -2.30. The average molecular weight is 421 g/mol. The molecule has 0 radical (unpaired) electrons. The van der Waals surface area contributed by atoms with Crippen LogP contribution in [0.2, 0.25) is 0 Å². The SMILES string of the molecule is CC(C)(C)[P+](=O)c1sc2ccccc2c1P(c1ccccc1)c1ccccc1. The second kappa shape index (κ2) is 7.88. The summed E-state index contributed by atoms with van der Waals surface area (Å²) in [5, 5.41) is 4.84. The zero-order chi connectivity index (χ0) is 19.7. The van der Waals surface area contributed by atoms with Gasteiger partial charge in [0.25, 0.3) is 4.62 Å². The second-order valence-corrected chi connectivity index (χ2v) is 13.6. The summed E-state index contributed by atoms with van der Waals surface area (Å²) in [5.41, 5.74) is 0. The van der Waals surface area contributed by atoms with Crippen molar-refractivity contribution in [2.75, 3.05) is 0 Å². The predicted molar refractivity (Wildman–Crippen MR) is 128 cm³/mol. The highest BCUT2D eigenvalue weighted by atomic mass is 32.1. The van der Waals surface area contributed by atoms with Crippen molar-refractivity contribution in [2.24, 2.45) is 0 Å². The number of rotatable bonds is 4. The topological polar surface area (TPSA) is 17.1 Å². The third-order valence-corrected chi connectivity index (χ3v) is 11.0. The third kappa shape index (κ3) is 3.70. The van der Waals surface area contributed by atoms with E-state index in [1.807, 2.05) is 0 Å². The molecule has 0 aliphatic carbocycles. The third-order valence-electron chi connectivity index (χ3n) is 4.60. The van der Waals surface area contributed by atoms with E-state index >= 15 is 0 Å². The molecule has 4 aromatic rings. The molecular formula is C24H23OP2S+. The Morgan fingerprint density at radius 1 is 0.750 bits per heavy atom. The van der Waals surface area contributed by atoms with Crippen molar-refractivity contribution in [3.63, 3.8) is 0 Å². The predicted octanol–water partition coefficient (Wildman–Crippen LogP) is 5.91. The lowest BCUT2D eigenvalue weighted by atomic mass is 10.3. The lowest BCUT2D eigenvalue weighted by Gasteiger charge is -2.19. The quantitative estimate of drug-likeness (QED) is 0.375. The monoisotopic (exact) mass is 421 g/mol. The fourth-order valence-corrected chi connectivity index (χ4v) is 9.89. The Kier molecular flexibility index (Phi) is 5.48. The molecule has 0 aliphatic rings. The zero-order valence-electron chi connectivity index (χ0n) is 16.3. The molecule has 3 aromatic carbocycles.